The number of ether oxygens (including phenoxy) is 1. The molecule has 0 radical (unpaired) electrons. The molecule has 0 aromatic carbocycles. The van der Waals surface area contributed by atoms with E-state index in [2.05, 4.69) is 43.8 Å². The number of pyridine rings is 1. The highest BCUT2D eigenvalue weighted by atomic mass is 16.5. The number of piperidine rings is 1. The molecule has 2 saturated heterocycles. The van der Waals surface area contributed by atoms with Crippen molar-refractivity contribution in [1.29, 1.82) is 0 Å². The molecule has 0 spiro atoms. The molecular weight excluding hydrogens is 352 g/mol. The predicted molar refractivity (Wildman–Crippen MR) is 111 cm³/mol. The van der Waals surface area contributed by atoms with Gasteiger partial charge in [-0.05, 0) is 31.0 Å². The zero-order valence-electron chi connectivity index (χ0n) is 16.7. The Morgan fingerprint density at radius 3 is 2.61 bits per heavy atom. The summed E-state index contributed by atoms with van der Waals surface area (Å²) < 4.78 is 5.44. The average Bonchev–Trinajstić information content (AvgIpc) is 2.79. The monoisotopic (exact) mass is 382 g/mol. The Bertz CT molecular complexity index is 729. The second-order valence-corrected chi connectivity index (χ2v) is 7.57. The van der Waals surface area contributed by atoms with Crippen LogP contribution in [0.25, 0.3) is 0 Å². The fraction of sp³-hybridized carbons (Fsp3) is 0.571. The molecule has 28 heavy (non-hydrogen) atoms. The van der Waals surface area contributed by atoms with Crippen molar-refractivity contribution in [2.45, 2.75) is 25.3 Å². The predicted octanol–water partition coefficient (Wildman–Crippen LogP) is 1.85. The summed E-state index contributed by atoms with van der Waals surface area (Å²) >= 11 is 0. The van der Waals surface area contributed by atoms with E-state index in [1.807, 2.05) is 24.5 Å². The first-order valence-electron chi connectivity index (χ1n) is 10.3. The van der Waals surface area contributed by atoms with E-state index >= 15 is 0 Å². The van der Waals surface area contributed by atoms with Crippen LogP contribution >= 0.6 is 0 Å². The largest absolute Gasteiger partial charge is 0.378 e. The number of aromatic nitrogens is 3. The van der Waals surface area contributed by atoms with Crippen LogP contribution in [0.15, 0.2) is 36.7 Å². The Hall–Kier alpha value is -2.25. The maximum atomic E-state index is 5.44. The van der Waals surface area contributed by atoms with E-state index in [1.54, 1.807) is 0 Å². The van der Waals surface area contributed by atoms with Gasteiger partial charge in [0.05, 0.1) is 13.2 Å². The molecule has 2 aromatic rings. The third-order valence-electron chi connectivity index (χ3n) is 5.80. The van der Waals surface area contributed by atoms with Gasteiger partial charge in [-0.3, -0.25) is 4.98 Å². The fourth-order valence-corrected chi connectivity index (χ4v) is 3.99. The van der Waals surface area contributed by atoms with E-state index in [0.717, 1.165) is 77.0 Å². The number of anilines is 2. The smallest absolute Gasteiger partial charge is 0.227 e. The van der Waals surface area contributed by atoms with Crippen LogP contribution in [0, 0.1) is 0 Å². The van der Waals surface area contributed by atoms with Crippen molar-refractivity contribution in [3.8, 4) is 0 Å². The highest BCUT2D eigenvalue weighted by Crippen LogP contribution is 2.22. The SMILES string of the molecule is CN(c1ccnc(N2CCOCC2)n1)C1CCN(CCc2ccccn2)CC1. The Balaban J connectivity index is 1.29. The first-order chi connectivity index (χ1) is 13.8. The number of hydrogen-bond acceptors (Lipinski definition) is 7. The normalized spacial score (nSPS) is 19.0. The first-order valence-corrected chi connectivity index (χ1v) is 10.3. The summed E-state index contributed by atoms with van der Waals surface area (Å²) in [6.07, 6.45) is 7.11. The molecule has 2 aliphatic rings. The molecule has 0 bridgehead atoms. The molecule has 0 saturated carbocycles. The molecule has 7 nitrogen and oxygen atoms in total. The molecule has 4 rings (SSSR count). The van der Waals surface area contributed by atoms with Crippen LogP contribution in [0.4, 0.5) is 11.8 Å². The van der Waals surface area contributed by atoms with E-state index in [4.69, 9.17) is 9.72 Å². The third kappa shape index (κ3) is 4.77. The lowest BCUT2D eigenvalue weighted by molar-refractivity contribution is 0.122. The lowest BCUT2D eigenvalue weighted by Gasteiger charge is -2.37. The number of nitrogens with zero attached hydrogens (tertiary/aromatic N) is 6. The minimum Gasteiger partial charge on any atom is -0.378 e. The first kappa shape index (κ1) is 19.1. The van der Waals surface area contributed by atoms with E-state index in [-0.39, 0.29) is 0 Å². The number of rotatable bonds is 6. The van der Waals surface area contributed by atoms with Crippen LogP contribution in [-0.4, -0.2) is 78.9 Å². The molecule has 0 aliphatic carbocycles. The maximum absolute atomic E-state index is 5.44. The van der Waals surface area contributed by atoms with Crippen molar-refractivity contribution in [2.75, 3.05) is 62.8 Å². The summed E-state index contributed by atoms with van der Waals surface area (Å²) in [5.74, 6) is 1.84. The Morgan fingerprint density at radius 2 is 1.86 bits per heavy atom. The van der Waals surface area contributed by atoms with Gasteiger partial charge in [0.1, 0.15) is 5.82 Å². The molecule has 0 amide bonds. The lowest BCUT2D eigenvalue weighted by atomic mass is 10.0. The van der Waals surface area contributed by atoms with Gasteiger partial charge in [-0.15, -0.1) is 0 Å². The van der Waals surface area contributed by atoms with E-state index in [1.165, 1.54) is 5.69 Å². The van der Waals surface area contributed by atoms with Gasteiger partial charge >= 0.3 is 0 Å². The van der Waals surface area contributed by atoms with Gasteiger partial charge in [0, 0.05) is 70.3 Å². The molecule has 2 aliphatic heterocycles. The Kier molecular flexibility index (Phi) is 6.34. The van der Waals surface area contributed by atoms with Gasteiger partial charge in [-0.2, -0.15) is 4.98 Å². The Labute approximate surface area is 167 Å². The summed E-state index contributed by atoms with van der Waals surface area (Å²) in [6, 6.07) is 8.70. The number of likely N-dealkylation sites (tertiary alicyclic amines) is 1. The van der Waals surface area contributed by atoms with Crippen LogP contribution in [0.2, 0.25) is 0 Å². The van der Waals surface area contributed by atoms with Crippen molar-refractivity contribution in [3.05, 3.63) is 42.4 Å². The standard InChI is InChI=1S/C21H30N6O/c1-25(20-5-10-23-21(24-20)27-14-16-28-17-15-27)19-7-12-26(13-8-19)11-6-18-4-2-3-9-22-18/h2-5,9-10,19H,6-8,11-17H2,1H3. The van der Waals surface area contributed by atoms with Crippen molar-refractivity contribution in [3.63, 3.8) is 0 Å². The summed E-state index contributed by atoms with van der Waals surface area (Å²) in [4.78, 5) is 20.8. The van der Waals surface area contributed by atoms with Crippen LogP contribution in [0.3, 0.4) is 0 Å². The maximum Gasteiger partial charge on any atom is 0.227 e. The molecule has 2 aromatic heterocycles. The van der Waals surface area contributed by atoms with Gasteiger partial charge in [0.2, 0.25) is 5.95 Å². The van der Waals surface area contributed by atoms with Gasteiger partial charge in [0.15, 0.2) is 0 Å². The van der Waals surface area contributed by atoms with Crippen molar-refractivity contribution in [2.24, 2.45) is 0 Å². The molecule has 4 heterocycles. The second kappa shape index (κ2) is 9.30. The molecule has 0 unspecified atom stereocenters. The molecule has 2 fully saturated rings. The average molecular weight is 383 g/mol. The summed E-state index contributed by atoms with van der Waals surface area (Å²) in [6.45, 7) is 6.57. The highest BCUT2D eigenvalue weighted by Gasteiger charge is 2.24. The van der Waals surface area contributed by atoms with Crippen LogP contribution in [0.5, 0.6) is 0 Å². The molecular formula is C21H30N6O. The van der Waals surface area contributed by atoms with Gasteiger partial charge < -0.3 is 19.4 Å². The Morgan fingerprint density at radius 1 is 1.04 bits per heavy atom. The van der Waals surface area contributed by atoms with E-state index < -0.39 is 0 Å². The van der Waals surface area contributed by atoms with Gasteiger partial charge in [-0.1, -0.05) is 6.07 Å². The summed E-state index contributed by atoms with van der Waals surface area (Å²) in [5, 5.41) is 0. The third-order valence-corrected chi connectivity index (χ3v) is 5.80. The van der Waals surface area contributed by atoms with Gasteiger partial charge in [-0.25, -0.2) is 4.98 Å². The molecule has 0 atom stereocenters. The van der Waals surface area contributed by atoms with Crippen LogP contribution in [0.1, 0.15) is 18.5 Å². The number of hydrogen-bond donors (Lipinski definition) is 0. The van der Waals surface area contributed by atoms with Crippen molar-refractivity contribution < 1.29 is 4.74 Å². The highest BCUT2D eigenvalue weighted by molar-refractivity contribution is 5.44. The summed E-state index contributed by atoms with van der Waals surface area (Å²) in [7, 11) is 2.17. The summed E-state index contributed by atoms with van der Waals surface area (Å²) in [5.41, 5.74) is 1.18. The minimum atomic E-state index is 0.526. The van der Waals surface area contributed by atoms with Crippen molar-refractivity contribution in [1.82, 2.24) is 19.9 Å². The zero-order chi connectivity index (χ0) is 19.2. The molecule has 150 valence electrons. The van der Waals surface area contributed by atoms with Gasteiger partial charge in [0.25, 0.3) is 0 Å². The lowest BCUT2D eigenvalue weighted by Crippen LogP contribution is -2.44. The van der Waals surface area contributed by atoms with E-state index in [0.29, 0.717) is 6.04 Å². The van der Waals surface area contributed by atoms with Crippen LogP contribution < -0.4 is 9.80 Å². The van der Waals surface area contributed by atoms with E-state index in [9.17, 15) is 0 Å². The molecule has 7 heteroatoms. The zero-order valence-corrected chi connectivity index (χ0v) is 16.7. The minimum absolute atomic E-state index is 0.526. The topological polar surface area (TPSA) is 57.6 Å². The van der Waals surface area contributed by atoms with Crippen molar-refractivity contribution >= 4 is 11.8 Å². The van der Waals surface area contributed by atoms with Crippen LogP contribution in [-0.2, 0) is 11.2 Å². The number of morpholine rings is 1. The quantitative estimate of drug-likeness (QED) is 0.756. The second-order valence-electron chi connectivity index (χ2n) is 7.57. The molecule has 0 N–H and O–H groups in total. The fourth-order valence-electron chi connectivity index (χ4n) is 3.99.